The third kappa shape index (κ3) is 2.06. The largest absolute Gasteiger partial charge is 0.389 e. The van der Waals surface area contributed by atoms with Gasteiger partial charge in [-0.25, -0.2) is 8.42 Å². The molecule has 0 aliphatic heterocycles. The summed E-state index contributed by atoms with van der Waals surface area (Å²) in [6.45, 7) is 1.59. The summed E-state index contributed by atoms with van der Waals surface area (Å²) in [5, 5.41) is 9.13. The van der Waals surface area contributed by atoms with E-state index < -0.39 is 16.8 Å². The van der Waals surface area contributed by atoms with Crippen LogP contribution < -0.4 is 0 Å². The van der Waals surface area contributed by atoms with Crippen LogP contribution in [0.25, 0.3) is 0 Å². The SMILES string of the molecule is CC(O)c1cccc([SH](=O)=O)c1. The van der Waals surface area contributed by atoms with Crippen molar-refractivity contribution in [2.75, 3.05) is 0 Å². The van der Waals surface area contributed by atoms with E-state index in [-0.39, 0.29) is 4.90 Å². The first-order chi connectivity index (χ1) is 5.61. The highest BCUT2D eigenvalue weighted by molar-refractivity contribution is 7.72. The Morgan fingerprint density at radius 2 is 2.08 bits per heavy atom. The van der Waals surface area contributed by atoms with Gasteiger partial charge in [-0.1, -0.05) is 12.1 Å². The van der Waals surface area contributed by atoms with E-state index in [9.17, 15) is 8.42 Å². The summed E-state index contributed by atoms with van der Waals surface area (Å²) in [6.07, 6.45) is -0.625. The Morgan fingerprint density at radius 1 is 1.42 bits per heavy atom. The number of thiol groups is 1. The molecule has 1 aromatic carbocycles. The molecule has 0 aromatic heterocycles. The topological polar surface area (TPSA) is 54.4 Å². The molecule has 66 valence electrons. The third-order valence-corrected chi connectivity index (χ3v) is 2.26. The van der Waals surface area contributed by atoms with E-state index in [2.05, 4.69) is 0 Å². The Morgan fingerprint density at radius 3 is 2.58 bits per heavy atom. The van der Waals surface area contributed by atoms with Crippen LogP contribution in [0, 0.1) is 0 Å². The molecule has 0 spiro atoms. The van der Waals surface area contributed by atoms with Gasteiger partial charge in [0.1, 0.15) is 0 Å². The fraction of sp³-hybridized carbons (Fsp3) is 0.250. The van der Waals surface area contributed by atoms with Crippen molar-refractivity contribution in [3.63, 3.8) is 0 Å². The molecule has 4 heteroatoms. The minimum Gasteiger partial charge on any atom is -0.389 e. The van der Waals surface area contributed by atoms with Gasteiger partial charge in [-0.15, -0.1) is 0 Å². The normalized spacial score (nSPS) is 13.2. The second-order valence-corrected chi connectivity index (χ2v) is 3.56. The summed E-state index contributed by atoms with van der Waals surface area (Å²) >= 11 is 0. The van der Waals surface area contributed by atoms with E-state index in [0.29, 0.717) is 5.56 Å². The summed E-state index contributed by atoms with van der Waals surface area (Å²) in [7, 11) is -2.55. The van der Waals surface area contributed by atoms with Crippen molar-refractivity contribution in [3.05, 3.63) is 29.8 Å². The molecule has 0 bridgehead atoms. The van der Waals surface area contributed by atoms with Crippen LogP contribution >= 0.6 is 0 Å². The second-order valence-electron chi connectivity index (χ2n) is 2.53. The molecule has 0 radical (unpaired) electrons. The highest BCUT2D eigenvalue weighted by Crippen LogP contribution is 2.13. The monoisotopic (exact) mass is 186 g/mol. The maximum atomic E-state index is 10.5. The minimum atomic E-state index is -2.55. The van der Waals surface area contributed by atoms with Crippen molar-refractivity contribution < 1.29 is 13.5 Å². The first kappa shape index (κ1) is 9.22. The summed E-state index contributed by atoms with van der Waals surface area (Å²) in [5.41, 5.74) is 0.617. The lowest BCUT2D eigenvalue weighted by Crippen LogP contribution is -1.91. The maximum Gasteiger partial charge on any atom is 0.168 e. The Hall–Kier alpha value is -0.870. The fourth-order valence-electron chi connectivity index (χ4n) is 0.898. The summed E-state index contributed by atoms with van der Waals surface area (Å²) in [4.78, 5) is 0.239. The summed E-state index contributed by atoms with van der Waals surface area (Å²) < 4.78 is 21.1. The van der Waals surface area contributed by atoms with E-state index in [0.717, 1.165) is 0 Å². The number of aliphatic hydroxyl groups excluding tert-OH is 1. The number of hydrogen-bond donors (Lipinski definition) is 2. The van der Waals surface area contributed by atoms with Crippen molar-refractivity contribution in [1.29, 1.82) is 0 Å². The van der Waals surface area contributed by atoms with Gasteiger partial charge in [-0.3, -0.25) is 0 Å². The molecule has 12 heavy (non-hydrogen) atoms. The van der Waals surface area contributed by atoms with Gasteiger partial charge in [0.25, 0.3) is 0 Å². The molecule has 0 heterocycles. The lowest BCUT2D eigenvalue weighted by atomic mass is 10.1. The van der Waals surface area contributed by atoms with E-state index in [4.69, 9.17) is 5.11 Å². The predicted molar refractivity (Wildman–Crippen MR) is 45.7 cm³/mol. The van der Waals surface area contributed by atoms with Crippen LogP contribution in [-0.2, 0) is 10.7 Å². The number of hydrogen-bond acceptors (Lipinski definition) is 3. The Balaban J connectivity index is 3.12. The van der Waals surface area contributed by atoms with Crippen molar-refractivity contribution in [2.45, 2.75) is 17.9 Å². The standard InChI is InChI=1S/C8H10O3S/c1-6(9)7-3-2-4-8(5-7)12(10)11/h2-6,9,12H,1H3. The van der Waals surface area contributed by atoms with Crippen LogP contribution in [0.2, 0.25) is 0 Å². The van der Waals surface area contributed by atoms with Gasteiger partial charge >= 0.3 is 0 Å². The van der Waals surface area contributed by atoms with Gasteiger partial charge in [-0.2, -0.15) is 0 Å². The zero-order chi connectivity index (χ0) is 9.14. The van der Waals surface area contributed by atoms with E-state index in [1.165, 1.54) is 12.1 Å². The smallest absolute Gasteiger partial charge is 0.168 e. The molecular weight excluding hydrogens is 176 g/mol. The van der Waals surface area contributed by atoms with Gasteiger partial charge in [0.15, 0.2) is 10.7 Å². The molecule has 1 unspecified atom stereocenters. The van der Waals surface area contributed by atoms with Crippen LogP contribution in [0.3, 0.4) is 0 Å². The third-order valence-electron chi connectivity index (χ3n) is 1.56. The van der Waals surface area contributed by atoms with Gasteiger partial charge in [0.05, 0.1) is 11.0 Å². The Kier molecular flexibility index (Phi) is 2.83. The summed E-state index contributed by atoms with van der Waals surface area (Å²) in [5.74, 6) is 0. The van der Waals surface area contributed by atoms with Crippen LogP contribution in [-0.4, -0.2) is 13.5 Å². The molecule has 3 nitrogen and oxygen atoms in total. The first-order valence-electron chi connectivity index (χ1n) is 3.53. The molecule has 0 saturated carbocycles. The van der Waals surface area contributed by atoms with Gasteiger partial charge in [0.2, 0.25) is 0 Å². The Labute approximate surface area is 72.6 Å². The van der Waals surface area contributed by atoms with Crippen molar-refractivity contribution in [1.82, 2.24) is 0 Å². The van der Waals surface area contributed by atoms with Gasteiger partial charge in [-0.05, 0) is 24.6 Å². The van der Waals surface area contributed by atoms with Crippen molar-refractivity contribution >= 4 is 10.7 Å². The lowest BCUT2D eigenvalue weighted by Gasteiger charge is -2.03. The number of rotatable bonds is 2. The van der Waals surface area contributed by atoms with Crippen LogP contribution in [0.15, 0.2) is 29.2 Å². The highest BCUT2D eigenvalue weighted by Gasteiger charge is 2.01. The minimum absolute atomic E-state index is 0.239. The maximum absolute atomic E-state index is 10.5. The molecule has 1 rings (SSSR count). The average Bonchev–Trinajstić information content (AvgIpc) is 2.04. The van der Waals surface area contributed by atoms with Gasteiger partial charge in [0, 0.05) is 0 Å². The van der Waals surface area contributed by atoms with E-state index in [1.807, 2.05) is 0 Å². The molecule has 0 aliphatic carbocycles. The number of aliphatic hydroxyl groups is 1. The van der Waals surface area contributed by atoms with E-state index in [1.54, 1.807) is 19.1 Å². The van der Waals surface area contributed by atoms with Crippen molar-refractivity contribution in [2.24, 2.45) is 0 Å². The molecule has 1 atom stereocenters. The zero-order valence-electron chi connectivity index (χ0n) is 6.60. The molecule has 1 N–H and O–H groups in total. The van der Waals surface area contributed by atoms with Crippen LogP contribution in [0.1, 0.15) is 18.6 Å². The molecule has 0 fully saturated rings. The van der Waals surface area contributed by atoms with Gasteiger partial charge < -0.3 is 5.11 Å². The van der Waals surface area contributed by atoms with Crippen molar-refractivity contribution in [3.8, 4) is 0 Å². The first-order valence-corrected chi connectivity index (χ1v) is 4.71. The quantitative estimate of drug-likeness (QED) is 0.669. The van der Waals surface area contributed by atoms with Crippen LogP contribution in [0.4, 0.5) is 0 Å². The summed E-state index contributed by atoms with van der Waals surface area (Å²) in [6, 6.07) is 6.27. The highest BCUT2D eigenvalue weighted by atomic mass is 32.2. The Bertz CT molecular complexity index is 334. The fourth-order valence-corrected chi connectivity index (χ4v) is 1.36. The lowest BCUT2D eigenvalue weighted by molar-refractivity contribution is 0.199. The molecule has 0 saturated heterocycles. The zero-order valence-corrected chi connectivity index (χ0v) is 7.49. The number of benzene rings is 1. The molecule has 0 amide bonds. The molecule has 1 aromatic rings. The van der Waals surface area contributed by atoms with E-state index >= 15 is 0 Å². The molecule has 0 aliphatic rings. The second kappa shape index (κ2) is 3.69. The molecular formula is C8H10O3S. The predicted octanol–water partition coefficient (Wildman–Crippen LogP) is 0.710. The van der Waals surface area contributed by atoms with Crippen LogP contribution in [0.5, 0.6) is 0 Å². The average molecular weight is 186 g/mol.